The Bertz CT molecular complexity index is 964. The van der Waals surface area contributed by atoms with E-state index in [0.29, 0.717) is 5.75 Å². The molecule has 1 amide bonds. The average Bonchev–Trinajstić information content (AvgIpc) is 3.15. The highest BCUT2D eigenvalue weighted by Crippen LogP contribution is 2.34. The van der Waals surface area contributed by atoms with Crippen molar-refractivity contribution in [1.82, 2.24) is 20.1 Å². The fraction of sp³-hybridized carbons (Fsp3) is 0.364. The van der Waals surface area contributed by atoms with Gasteiger partial charge in [0.25, 0.3) is 0 Å². The molecule has 0 unspecified atom stereocenters. The van der Waals surface area contributed by atoms with Gasteiger partial charge in [0.05, 0.1) is 16.3 Å². The molecule has 7 heteroatoms. The number of aryl methyl sites for hydroxylation is 1. The highest BCUT2D eigenvalue weighted by Gasteiger charge is 2.20. The van der Waals surface area contributed by atoms with Gasteiger partial charge in [-0.3, -0.25) is 4.79 Å². The smallest absolute Gasteiger partial charge is 0.232 e. The van der Waals surface area contributed by atoms with Crippen molar-refractivity contribution in [2.75, 3.05) is 18.8 Å². The summed E-state index contributed by atoms with van der Waals surface area (Å²) in [6.07, 6.45) is 2.20. The molecule has 4 rings (SSSR count). The third-order valence-corrected chi connectivity index (χ3v) is 7.30. The van der Waals surface area contributed by atoms with Gasteiger partial charge in [0.15, 0.2) is 0 Å². The summed E-state index contributed by atoms with van der Waals surface area (Å²) in [5.74, 6) is 1.33. The first kappa shape index (κ1) is 20.0. The van der Waals surface area contributed by atoms with Gasteiger partial charge in [-0.2, -0.15) is 0 Å². The molecule has 150 valence electrons. The molecule has 0 radical (unpaired) electrons. The number of benzene rings is 1. The van der Waals surface area contributed by atoms with Crippen molar-refractivity contribution >= 4 is 29.0 Å². The Kier molecular flexibility index (Phi) is 6.25. The van der Waals surface area contributed by atoms with Crippen LogP contribution in [0, 0.1) is 12.8 Å². The maximum absolute atomic E-state index is 12.4. The molecule has 0 atom stereocenters. The summed E-state index contributed by atoms with van der Waals surface area (Å²) in [7, 11) is 0. The largest absolute Gasteiger partial charge is 0.342 e. The molecule has 1 saturated heterocycles. The van der Waals surface area contributed by atoms with Gasteiger partial charge in [-0.15, -0.1) is 21.5 Å². The summed E-state index contributed by atoms with van der Waals surface area (Å²) in [5, 5.41) is 10.5. The van der Waals surface area contributed by atoms with Gasteiger partial charge in [0.2, 0.25) is 5.91 Å². The van der Waals surface area contributed by atoms with Crippen LogP contribution < -0.4 is 0 Å². The monoisotopic (exact) mass is 424 g/mol. The molecule has 1 aromatic carbocycles. The number of likely N-dealkylation sites (tertiary alicyclic amines) is 1. The average molecular weight is 425 g/mol. The van der Waals surface area contributed by atoms with Gasteiger partial charge >= 0.3 is 0 Å². The summed E-state index contributed by atoms with van der Waals surface area (Å²) < 4.78 is 0. The van der Waals surface area contributed by atoms with Crippen LogP contribution in [0.5, 0.6) is 0 Å². The summed E-state index contributed by atoms with van der Waals surface area (Å²) in [6, 6.07) is 14.1. The topological polar surface area (TPSA) is 59.0 Å². The van der Waals surface area contributed by atoms with E-state index in [9.17, 15) is 4.79 Å². The Balaban J connectivity index is 1.39. The summed E-state index contributed by atoms with van der Waals surface area (Å²) >= 11 is 3.08. The molecular formula is C22H24N4OS2. The van der Waals surface area contributed by atoms with Gasteiger partial charge in [0.1, 0.15) is 15.7 Å². The van der Waals surface area contributed by atoms with Crippen molar-refractivity contribution in [1.29, 1.82) is 0 Å². The van der Waals surface area contributed by atoms with Crippen molar-refractivity contribution in [3.8, 4) is 21.1 Å². The molecule has 1 fully saturated rings. The van der Waals surface area contributed by atoms with E-state index in [4.69, 9.17) is 4.98 Å². The number of carbonyl (C=O) groups is 1. The first-order valence-corrected chi connectivity index (χ1v) is 11.7. The summed E-state index contributed by atoms with van der Waals surface area (Å²) in [4.78, 5) is 20.1. The van der Waals surface area contributed by atoms with Gasteiger partial charge < -0.3 is 4.90 Å². The zero-order valence-electron chi connectivity index (χ0n) is 16.7. The van der Waals surface area contributed by atoms with Crippen LogP contribution in [0.4, 0.5) is 0 Å². The molecule has 1 aliphatic rings. The Morgan fingerprint density at radius 1 is 1.14 bits per heavy atom. The maximum atomic E-state index is 12.4. The number of rotatable bonds is 5. The number of carbonyl (C=O) groups excluding carboxylic acids is 1. The Labute approximate surface area is 179 Å². The molecule has 1 aliphatic heterocycles. The van der Waals surface area contributed by atoms with Crippen molar-refractivity contribution in [3.05, 3.63) is 48.2 Å². The molecule has 3 aromatic rings. The minimum atomic E-state index is 0.193. The van der Waals surface area contributed by atoms with Gasteiger partial charge in [-0.05, 0) is 37.8 Å². The lowest BCUT2D eigenvalue weighted by atomic mass is 9.99. The molecule has 3 heterocycles. The van der Waals surface area contributed by atoms with Crippen molar-refractivity contribution in [2.24, 2.45) is 5.92 Å². The summed E-state index contributed by atoms with van der Waals surface area (Å²) in [6.45, 7) is 6.00. The second kappa shape index (κ2) is 9.05. The van der Waals surface area contributed by atoms with Crippen LogP contribution in [0.25, 0.3) is 21.1 Å². The van der Waals surface area contributed by atoms with Crippen LogP contribution in [0.1, 0.15) is 25.5 Å². The third kappa shape index (κ3) is 4.85. The Morgan fingerprint density at radius 2 is 1.90 bits per heavy atom. The van der Waals surface area contributed by atoms with E-state index >= 15 is 0 Å². The molecule has 29 heavy (non-hydrogen) atoms. The van der Waals surface area contributed by atoms with E-state index in [1.165, 1.54) is 11.8 Å². The second-order valence-electron chi connectivity index (χ2n) is 7.41. The van der Waals surface area contributed by atoms with E-state index in [1.807, 2.05) is 42.2 Å². The number of hydrogen-bond donors (Lipinski definition) is 0. The fourth-order valence-electron chi connectivity index (χ4n) is 3.34. The lowest BCUT2D eigenvalue weighted by Gasteiger charge is -2.30. The van der Waals surface area contributed by atoms with E-state index in [1.54, 1.807) is 11.3 Å². The van der Waals surface area contributed by atoms with Crippen molar-refractivity contribution < 1.29 is 4.79 Å². The maximum Gasteiger partial charge on any atom is 0.232 e. The number of thiazole rings is 1. The van der Waals surface area contributed by atoms with Crippen LogP contribution >= 0.6 is 23.1 Å². The highest BCUT2D eigenvalue weighted by atomic mass is 32.2. The standard InChI is InChI=1S/C22H24N4OS2/c1-15-10-12-26(13-11-15)20(27)14-28-19-9-8-18(24-25-19)21-16(2)23-22(29-21)17-6-4-3-5-7-17/h3-9,15H,10-14H2,1-2H3. The van der Waals surface area contributed by atoms with Crippen LogP contribution in [0.3, 0.4) is 0 Å². The molecule has 2 aromatic heterocycles. The molecular weight excluding hydrogens is 400 g/mol. The number of hydrogen-bond acceptors (Lipinski definition) is 6. The lowest BCUT2D eigenvalue weighted by Crippen LogP contribution is -2.38. The molecule has 0 aliphatic carbocycles. The van der Waals surface area contributed by atoms with Crippen molar-refractivity contribution in [2.45, 2.75) is 31.7 Å². The SMILES string of the molecule is Cc1nc(-c2ccccc2)sc1-c1ccc(SCC(=O)N2CCC(C)CC2)nn1. The lowest BCUT2D eigenvalue weighted by molar-refractivity contribution is -0.129. The molecule has 0 bridgehead atoms. The predicted molar refractivity (Wildman–Crippen MR) is 119 cm³/mol. The number of piperidine rings is 1. The fourth-order valence-corrected chi connectivity index (χ4v) is 5.09. The Hall–Kier alpha value is -2.25. The highest BCUT2D eigenvalue weighted by molar-refractivity contribution is 7.99. The predicted octanol–water partition coefficient (Wildman–Crippen LogP) is 4.93. The zero-order valence-corrected chi connectivity index (χ0v) is 18.3. The molecule has 0 spiro atoms. The van der Waals surface area contributed by atoms with E-state index < -0.39 is 0 Å². The van der Waals surface area contributed by atoms with E-state index in [2.05, 4.69) is 29.3 Å². The van der Waals surface area contributed by atoms with Crippen LogP contribution in [-0.4, -0.2) is 44.8 Å². The number of nitrogens with zero attached hydrogens (tertiary/aromatic N) is 4. The quantitative estimate of drug-likeness (QED) is 0.544. The van der Waals surface area contributed by atoms with Crippen LogP contribution in [0.2, 0.25) is 0 Å². The van der Waals surface area contributed by atoms with E-state index in [-0.39, 0.29) is 5.91 Å². The van der Waals surface area contributed by atoms with Crippen LogP contribution in [-0.2, 0) is 4.79 Å². The van der Waals surface area contributed by atoms with E-state index in [0.717, 1.165) is 63.7 Å². The first-order chi connectivity index (χ1) is 14.1. The molecule has 5 nitrogen and oxygen atoms in total. The van der Waals surface area contributed by atoms with Gasteiger partial charge in [0, 0.05) is 18.7 Å². The van der Waals surface area contributed by atoms with Crippen molar-refractivity contribution in [3.63, 3.8) is 0 Å². The minimum Gasteiger partial charge on any atom is -0.342 e. The number of thioether (sulfide) groups is 1. The summed E-state index contributed by atoms with van der Waals surface area (Å²) in [5.41, 5.74) is 2.89. The minimum absolute atomic E-state index is 0.193. The molecule has 0 N–H and O–H groups in total. The Morgan fingerprint density at radius 3 is 2.59 bits per heavy atom. The van der Waals surface area contributed by atoms with Crippen LogP contribution in [0.15, 0.2) is 47.5 Å². The second-order valence-corrected chi connectivity index (χ2v) is 9.40. The number of amides is 1. The third-order valence-electron chi connectivity index (χ3n) is 5.17. The zero-order chi connectivity index (χ0) is 20.2. The first-order valence-electron chi connectivity index (χ1n) is 9.87. The molecule has 0 saturated carbocycles. The van der Waals surface area contributed by atoms with Gasteiger partial charge in [-0.1, -0.05) is 49.0 Å². The van der Waals surface area contributed by atoms with Gasteiger partial charge in [-0.25, -0.2) is 4.98 Å². The number of aromatic nitrogens is 3. The normalized spacial score (nSPS) is 14.9.